The van der Waals surface area contributed by atoms with E-state index in [1.807, 2.05) is 36.0 Å². The molecule has 1 fully saturated rings. The molecule has 1 saturated heterocycles. The summed E-state index contributed by atoms with van der Waals surface area (Å²) in [5.41, 5.74) is 3.23. The van der Waals surface area contributed by atoms with Crippen LogP contribution in [0.5, 0.6) is 5.75 Å². The first-order valence-electron chi connectivity index (χ1n) is 10.5. The monoisotopic (exact) mass is 549 g/mol. The number of rotatable bonds is 9. The minimum Gasteiger partial charge on any atom is -0.489 e. The molecule has 35 heavy (non-hydrogen) atoms. The van der Waals surface area contributed by atoms with Gasteiger partial charge in [-0.2, -0.15) is 16.9 Å². The molecule has 0 radical (unpaired) electrons. The Labute approximate surface area is 218 Å². The van der Waals surface area contributed by atoms with Crippen LogP contribution < -0.4 is 14.5 Å². The van der Waals surface area contributed by atoms with E-state index in [4.69, 9.17) is 27.9 Å². The van der Waals surface area contributed by atoms with E-state index in [-0.39, 0.29) is 21.7 Å². The molecule has 0 aliphatic carbocycles. The summed E-state index contributed by atoms with van der Waals surface area (Å²) < 4.78 is 33.5. The van der Waals surface area contributed by atoms with Crippen molar-refractivity contribution in [2.45, 2.75) is 11.0 Å². The van der Waals surface area contributed by atoms with Crippen LogP contribution in [0.2, 0.25) is 10.0 Å². The molecular weight excluding hydrogens is 529 g/mol. The Kier molecular flexibility index (Phi) is 8.22. The molecule has 7 nitrogen and oxygen atoms in total. The molecule has 1 N–H and O–H groups in total. The van der Waals surface area contributed by atoms with Crippen molar-refractivity contribution in [2.24, 2.45) is 5.10 Å². The number of thioether (sulfide) groups is 1. The van der Waals surface area contributed by atoms with Gasteiger partial charge in [0.25, 0.3) is 15.9 Å². The number of ether oxygens (including phenoxy) is 1. The lowest BCUT2D eigenvalue weighted by molar-refractivity contribution is -0.119. The van der Waals surface area contributed by atoms with Gasteiger partial charge in [0, 0.05) is 16.5 Å². The van der Waals surface area contributed by atoms with Gasteiger partial charge in [-0.3, -0.25) is 9.10 Å². The molecule has 0 atom stereocenters. The third-order valence-electron chi connectivity index (χ3n) is 4.97. The standard InChI is InChI=1S/C24H21Cl2N3O4S2/c25-18-9-10-23(22(26)12-18)29(35(31,32)21-7-2-1-3-8-21)14-24(30)28-27-13-17-5-4-6-19(11-17)33-20-15-34-16-20/h1-13,20H,14-16H2,(H,28,30)/b27-13-. The minimum absolute atomic E-state index is 0.0176. The van der Waals surface area contributed by atoms with Crippen LogP contribution in [-0.2, 0) is 14.8 Å². The van der Waals surface area contributed by atoms with E-state index in [1.54, 1.807) is 18.2 Å². The molecule has 1 aliphatic heterocycles. The number of nitrogens with zero attached hydrogens (tertiary/aromatic N) is 2. The lowest BCUT2D eigenvalue weighted by atomic mass is 10.2. The van der Waals surface area contributed by atoms with Gasteiger partial charge in [0.05, 0.1) is 21.8 Å². The second-order valence-corrected chi connectivity index (χ2v) is 11.3. The molecule has 4 rings (SSSR count). The highest BCUT2D eigenvalue weighted by atomic mass is 35.5. The highest BCUT2D eigenvalue weighted by Crippen LogP contribution is 2.32. The van der Waals surface area contributed by atoms with Gasteiger partial charge < -0.3 is 4.74 Å². The first-order chi connectivity index (χ1) is 16.8. The molecule has 1 amide bonds. The maximum absolute atomic E-state index is 13.4. The molecule has 0 spiro atoms. The van der Waals surface area contributed by atoms with Crippen LogP contribution in [0, 0.1) is 0 Å². The van der Waals surface area contributed by atoms with E-state index in [2.05, 4.69) is 10.5 Å². The number of carbonyl (C=O) groups is 1. The zero-order valence-corrected chi connectivity index (χ0v) is 21.4. The van der Waals surface area contributed by atoms with E-state index >= 15 is 0 Å². The summed E-state index contributed by atoms with van der Waals surface area (Å²) in [5, 5.41) is 4.41. The normalized spacial score (nSPS) is 13.9. The molecule has 11 heteroatoms. The molecular formula is C24H21Cl2N3O4S2. The van der Waals surface area contributed by atoms with Gasteiger partial charge in [-0.25, -0.2) is 13.8 Å². The number of hydrogen-bond donors (Lipinski definition) is 1. The van der Waals surface area contributed by atoms with E-state index in [9.17, 15) is 13.2 Å². The summed E-state index contributed by atoms with van der Waals surface area (Å²) in [5.74, 6) is 2.01. The summed E-state index contributed by atoms with van der Waals surface area (Å²) in [6.45, 7) is -0.543. The predicted molar refractivity (Wildman–Crippen MR) is 141 cm³/mol. The Morgan fingerprint density at radius 3 is 2.54 bits per heavy atom. The van der Waals surface area contributed by atoms with Crippen LogP contribution in [0.1, 0.15) is 5.56 Å². The van der Waals surface area contributed by atoms with Crippen molar-refractivity contribution in [3.63, 3.8) is 0 Å². The van der Waals surface area contributed by atoms with Gasteiger partial charge >= 0.3 is 0 Å². The average Bonchev–Trinajstić information content (AvgIpc) is 2.81. The Balaban J connectivity index is 1.50. The molecule has 3 aromatic carbocycles. The third-order valence-corrected chi connectivity index (χ3v) is 8.49. The molecule has 0 unspecified atom stereocenters. The van der Waals surface area contributed by atoms with Gasteiger partial charge in [-0.15, -0.1) is 0 Å². The fourth-order valence-corrected chi connectivity index (χ4v) is 5.78. The Morgan fingerprint density at radius 1 is 1.09 bits per heavy atom. The number of halogens is 2. The van der Waals surface area contributed by atoms with Crippen molar-refractivity contribution in [1.29, 1.82) is 0 Å². The number of benzene rings is 3. The smallest absolute Gasteiger partial charge is 0.264 e. The maximum Gasteiger partial charge on any atom is 0.264 e. The number of anilines is 1. The van der Waals surface area contributed by atoms with Gasteiger partial charge in [0.2, 0.25) is 0 Å². The summed E-state index contributed by atoms with van der Waals surface area (Å²) in [4.78, 5) is 12.7. The lowest BCUT2D eigenvalue weighted by Gasteiger charge is -2.25. The summed E-state index contributed by atoms with van der Waals surface area (Å²) in [7, 11) is -4.10. The zero-order valence-electron chi connectivity index (χ0n) is 18.3. The van der Waals surface area contributed by atoms with Gasteiger partial charge in [0.15, 0.2) is 0 Å². The SMILES string of the molecule is O=C(CN(c1ccc(Cl)cc1Cl)S(=O)(=O)c1ccccc1)N/N=C\c1cccc(OC2CSC2)c1. The highest BCUT2D eigenvalue weighted by molar-refractivity contribution is 8.00. The Hall–Kier alpha value is -2.72. The minimum atomic E-state index is -4.10. The number of hydrazone groups is 1. The second-order valence-electron chi connectivity index (χ2n) is 7.56. The van der Waals surface area contributed by atoms with Crippen LogP contribution in [0.4, 0.5) is 5.69 Å². The second kappa shape index (κ2) is 11.3. The maximum atomic E-state index is 13.4. The van der Waals surface area contributed by atoms with Crippen molar-refractivity contribution in [3.05, 3.63) is 88.4 Å². The topological polar surface area (TPSA) is 88.1 Å². The van der Waals surface area contributed by atoms with Crippen LogP contribution in [-0.4, -0.2) is 44.7 Å². The number of nitrogens with one attached hydrogen (secondary N) is 1. The van der Waals surface area contributed by atoms with Gasteiger partial charge in [0.1, 0.15) is 18.4 Å². The van der Waals surface area contributed by atoms with Crippen LogP contribution in [0.25, 0.3) is 0 Å². The van der Waals surface area contributed by atoms with Crippen molar-refractivity contribution in [3.8, 4) is 5.75 Å². The van der Waals surface area contributed by atoms with Crippen LogP contribution >= 0.6 is 35.0 Å². The zero-order chi connectivity index (χ0) is 24.8. The highest BCUT2D eigenvalue weighted by Gasteiger charge is 2.28. The summed E-state index contributed by atoms with van der Waals surface area (Å²) in [6.07, 6.45) is 1.68. The van der Waals surface area contributed by atoms with Crippen molar-refractivity contribution < 1.29 is 17.9 Å². The number of amides is 1. The Bertz CT molecular complexity index is 1330. The molecule has 0 saturated carbocycles. The average molecular weight is 550 g/mol. The molecule has 0 aromatic heterocycles. The van der Waals surface area contributed by atoms with E-state index in [0.717, 1.165) is 27.1 Å². The number of hydrogen-bond acceptors (Lipinski definition) is 6. The summed E-state index contributed by atoms with van der Waals surface area (Å²) in [6, 6.07) is 19.5. The van der Waals surface area contributed by atoms with Gasteiger partial charge in [-0.1, -0.05) is 53.5 Å². The first-order valence-corrected chi connectivity index (χ1v) is 13.9. The molecule has 0 bridgehead atoms. The van der Waals surface area contributed by atoms with Crippen molar-refractivity contribution >= 4 is 62.8 Å². The van der Waals surface area contributed by atoms with Crippen molar-refractivity contribution in [2.75, 3.05) is 22.4 Å². The predicted octanol–water partition coefficient (Wildman–Crippen LogP) is 4.83. The molecule has 1 heterocycles. The third kappa shape index (κ3) is 6.49. The number of carbonyl (C=O) groups excluding carboxylic acids is 1. The molecule has 1 aliphatic rings. The molecule has 3 aromatic rings. The fourth-order valence-electron chi connectivity index (χ4n) is 3.19. The lowest BCUT2D eigenvalue weighted by Crippen LogP contribution is -2.39. The van der Waals surface area contributed by atoms with E-state index in [1.165, 1.54) is 36.5 Å². The largest absolute Gasteiger partial charge is 0.489 e. The molecule has 182 valence electrons. The van der Waals surface area contributed by atoms with Crippen molar-refractivity contribution in [1.82, 2.24) is 5.43 Å². The Morgan fingerprint density at radius 2 is 1.86 bits per heavy atom. The van der Waals surface area contributed by atoms with Crippen LogP contribution in [0.3, 0.4) is 0 Å². The number of sulfonamides is 1. The van der Waals surface area contributed by atoms with E-state index < -0.39 is 22.5 Å². The van der Waals surface area contributed by atoms with Gasteiger partial charge in [-0.05, 0) is 48.0 Å². The summed E-state index contributed by atoms with van der Waals surface area (Å²) >= 11 is 14.1. The van der Waals surface area contributed by atoms with Crippen LogP contribution in [0.15, 0.2) is 82.8 Å². The first kappa shape index (κ1) is 25.4. The quantitative estimate of drug-likeness (QED) is 0.305. The van der Waals surface area contributed by atoms with E-state index in [0.29, 0.717) is 5.02 Å². The fraction of sp³-hybridized carbons (Fsp3) is 0.167.